The maximum Gasteiger partial charge on any atom is 4.00 e. The molecule has 0 radical (unpaired) electrons. The molecule has 0 saturated carbocycles. The van der Waals surface area contributed by atoms with E-state index in [2.05, 4.69) is 24.9 Å². The van der Waals surface area contributed by atoms with Crippen LogP contribution in [0.4, 0.5) is 0 Å². The first-order valence-corrected chi connectivity index (χ1v) is 3.87. The molecule has 0 bridgehead atoms. The number of rotatable bonds is 3. The van der Waals surface area contributed by atoms with Crippen molar-refractivity contribution in [3.05, 3.63) is 43.9 Å². The summed E-state index contributed by atoms with van der Waals surface area (Å²) in [6, 6.07) is 4.03. The fourth-order valence-corrected chi connectivity index (χ4v) is 1.10. The average molecular weight is 302 g/mol. The number of hydrogen-bond donors (Lipinski definition) is 0. The van der Waals surface area contributed by atoms with Gasteiger partial charge >= 0.3 is 21.7 Å². The molecule has 0 aliphatic rings. The summed E-state index contributed by atoms with van der Waals surface area (Å²) in [5.74, 6) is 0.476. The summed E-state index contributed by atoms with van der Waals surface area (Å²) < 4.78 is 0. The van der Waals surface area contributed by atoms with Crippen molar-refractivity contribution < 1.29 is 57.5 Å². The summed E-state index contributed by atoms with van der Waals surface area (Å²) in [6.07, 6.45) is 5.47. The summed E-state index contributed by atoms with van der Waals surface area (Å²) in [5, 5.41) is 0. The molecule has 0 fully saturated rings. The van der Waals surface area contributed by atoms with Crippen LogP contribution in [0.2, 0.25) is 0 Å². The van der Waals surface area contributed by atoms with Crippen LogP contribution in [-0.2, 0) is 21.7 Å². The maximum atomic E-state index is 4.05. The van der Waals surface area contributed by atoms with Crippen LogP contribution >= 0.6 is 0 Å². The molecule has 0 unspecified atom stereocenters. The number of aromatic nitrogens is 1. The summed E-state index contributed by atoms with van der Waals surface area (Å²) in [6.45, 7) is 7.73. The van der Waals surface area contributed by atoms with Crippen molar-refractivity contribution in [2.24, 2.45) is 0 Å². The molecule has 0 spiro atoms. The minimum Gasteiger partial charge on any atom is -1.00 e. The topological polar surface area (TPSA) is 75.9 Å². The predicted octanol–water partition coefficient (Wildman–Crippen LogP) is -5.03. The van der Waals surface area contributed by atoms with Gasteiger partial charge in [0, 0.05) is 12.4 Å². The molecule has 0 saturated heterocycles. The quantitative estimate of drug-likeness (QED) is 0.407. The Kier molecular flexibility index (Phi) is 33.2. The van der Waals surface area contributed by atoms with Gasteiger partial charge in [0.05, 0.1) is 0 Å². The number of nitrogens with zero attached hydrogens (tertiary/aromatic N) is 1. The molecular weight excluding hydrogens is 285 g/mol. The van der Waals surface area contributed by atoms with Gasteiger partial charge in [-0.1, -0.05) is 12.0 Å². The molecule has 1 aromatic rings. The van der Waals surface area contributed by atoms with Gasteiger partial charge in [0.1, 0.15) is 0 Å². The Hall–Kier alpha value is 0.364. The Morgan fingerprint density at radius 2 is 1.62 bits per heavy atom. The Morgan fingerprint density at radius 1 is 1.12 bits per heavy atom. The normalized spacial score (nSPS) is 7.19. The van der Waals surface area contributed by atoms with Crippen LogP contribution in [0.15, 0.2) is 24.5 Å². The second-order valence-electron chi connectivity index (χ2n) is 2.56. The van der Waals surface area contributed by atoms with E-state index < -0.39 is 0 Å². The van der Waals surface area contributed by atoms with E-state index in [-0.39, 0.29) is 57.5 Å². The van der Waals surface area contributed by atoms with E-state index in [9.17, 15) is 0 Å². The van der Waals surface area contributed by atoms with Gasteiger partial charge in [-0.3, -0.25) is 4.98 Å². The van der Waals surface area contributed by atoms with E-state index in [0.29, 0.717) is 5.92 Å². The SMILES string of the molecule is O.O.[CH2-]CC(C[CH2-])c1cccnc1.[Cl-].[Cl-].[Ti+4]. The van der Waals surface area contributed by atoms with Gasteiger partial charge < -0.3 is 49.6 Å². The molecule has 1 heterocycles. The van der Waals surface area contributed by atoms with Crippen molar-refractivity contribution in [1.29, 1.82) is 0 Å². The van der Waals surface area contributed by atoms with E-state index >= 15 is 0 Å². The smallest absolute Gasteiger partial charge is 1.00 e. The van der Waals surface area contributed by atoms with Crippen LogP contribution in [0.3, 0.4) is 0 Å². The van der Waals surface area contributed by atoms with Gasteiger partial charge in [-0.25, -0.2) is 0 Å². The fourth-order valence-electron chi connectivity index (χ4n) is 1.10. The van der Waals surface area contributed by atoms with Crippen LogP contribution in [0.1, 0.15) is 24.3 Å². The second kappa shape index (κ2) is 17.7. The van der Waals surface area contributed by atoms with Crippen molar-refractivity contribution in [3.63, 3.8) is 0 Å². The van der Waals surface area contributed by atoms with Crippen molar-refractivity contribution in [2.45, 2.75) is 18.8 Å². The molecule has 16 heavy (non-hydrogen) atoms. The third-order valence-electron chi connectivity index (χ3n) is 1.85. The number of halogens is 2. The van der Waals surface area contributed by atoms with E-state index in [1.807, 2.05) is 12.3 Å². The first-order valence-electron chi connectivity index (χ1n) is 3.87. The maximum absolute atomic E-state index is 4.05. The van der Waals surface area contributed by atoms with Crippen molar-refractivity contribution in [2.75, 3.05) is 0 Å². The Labute approximate surface area is 125 Å². The van der Waals surface area contributed by atoms with Crippen LogP contribution in [0.25, 0.3) is 0 Å². The van der Waals surface area contributed by atoms with Gasteiger partial charge in [0.25, 0.3) is 0 Å². The minimum atomic E-state index is 0. The average Bonchev–Trinajstić information content (AvgIpc) is 2.09. The van der Waals surface area contributed by atoms with Crippen molar-refractivity contribution in [1.82, 2.24) is 4.98 Å². The molecular formula is C10H17Cl2NO2Ti. The van der Waals surface area contributed by atoms with E-state index in [1.165, 1.54) is 5.56 Å². The van der Waals surface area contributed by atoms with Crippen LogP contribution < -0.4 is 24.8 Å². The summed E-state index contributed by atoms with van der Waals surface area (Å²) in [7, 11) is 0. The first kappa shape index (κ1) is 29.9. The third kappa shape index (κ3) is 9.58. The van der Waals surface area contributed by atoms with Gasteiger partial charge in [0.15, 0.2) is 0 Å². The summed E-state index contributed by atoms with van der Waals surface area (Å²) in [4.78, 5) is 4.05. The molecule has 1 aromatic heterocycles. The van der Waals surface area contributed by atoms with Gasteiger partial charge in [-0.05, 0) is 11.6 Å². The molecule has 0 aliphatic heterocycles. The molecule has 0 aromatic carbocycles. The van der Waals surface area contributed by atoms with E-state index in [0.717, 1.165) is 12.8 Å². The minimum absolute atomic E-state index is 0. The molecule has 0 aliphatic carbocycles. The molecule has 6 heteroatoms. The monoisotopic (exact) mass is 301 g/mol. The number of pyridine rings is 1. The van der Waals surface area contributed by atoms with Crippen molar-refractivity contribution >= 4 is 0 Å². The molecule has 0 amide bonds. The van der Waals surface area contributed by atoms with Crippen LogP contribution in [-0.4, -0.2) is 15.9 Å². The van der Waals surface area contributed by atoms with E-state index in [4.69, 9.17) is 0 Å². The zero-order valence-electron chi connectivity index (χ0n) is 8.92. The summed E-state index contributed by atoms with van der Waals surface area (Å²) >= 11 is 0. The van der Waals surface area contributed by atoms with Gasteiger partial charge in [-0.15, -0.1) is 0 Å². The molecule has 92 valence electrons. The Balaban J connectivity index is -0.0000000807. The summed E-state index contributed by atoms with van der Waals surface area (Å²) in [5.41, 5.74) is 1.25. The first-order chi connectivity index (χ1) is 5.38. The number of hydrogen-bond acceptors (Lipinski definition) is 1. The van der Waals surface area contributed by atoms with Crippen LogP contribution in [0, 0.1) is 13.8 Å². The molecule has 0 atom stereocenters. The predicted molar refractivity (Wildman–Crippen MR) is 54.2 cm³/mol. The fraction of sp³-hybridized carbons (Fsp3) is 0.300. The standard InChI is InChI=1S/C10H13N.2ClH.2H2O.Ti/c1-3-9(4-2)10-6-5-7-11-8-10;;;;;/h5-9H,1-4H2;2*1H;2*1H2;/q-2;;;;;+4/p-2. The van der Waals surface area contributed by atoms with Crippen molar-refractivity contribution in [3.8, 4) is 0 Å². The van der Waals surface area contributed by atoms with Crippen LogP contribution in [0.5, 0.6) is 0 Å². The Morgan fingerprint density at radius 3 is 1.94 bits per heavy atom. The molecule has 3 nitrogen and oxygen atoms in total. The van der Waals surface area contributed by atoms with E-state index in [1.54, 1.807) is 6.20 Å². The third-order valence-corrected chi connectivity index (χ3v) is 1.85. The zero-order chi connectivity index (χ0) is 8.10. The van der Waals surface area contributed by atoms with Gasteiger partial charge in [0.2, 0.25) is 0 Å². The molecule has 1 rings (SSSR count). The zero-order valence-corrected chi connectivity index (χ0v) is 12.0. The second-order valence-corrected chi connectivity index (χ2v) is 2.56. The largest absolute Gasteiger partial charge is 4.00 e. The Bertz CT molecular complexity index is 211. The van der Waals surface area contributed by atoms with Gasteiger partial charge in [-0.2, -0.15) is 12.8 Å². The molecule has 4 N–H and O–H groups in total.